The lowest BCUT2D eigenvalue weighted by Gasteiger charge is -2.35. The molecule has 2 saturated carbocycles. The van der Waals surface area contributed by atoms with Crippen LogP contribution in [0.2, 0.25) is 11.6 Å². The second-order valence-corrected chi connectivity index (χ2v) is 6.49. The van der Waals surface area contributed by atoms with Crippen molar-refractivity contribution in [1.82, 2.24) is 0 Å². The lowest BCUT2D eigenvalue weighted by atomic mass is 9.41. The van der Waals surface area contributed by atoms with Gasteiger partial charge in [-0.1, -0.05) is 77.2 Å². The third-order valence-electron chi connectivity index (χ3n) is 5.19. The molecule has 2 heteroatoms. The minimum atomic E-state index is 0.520. The van der Waals surface area contributed by atoms with E-state index in [9.17, 15) is 0 Å². The van der Waals surface area contributed by atoms with Crippen molar-refractivity contribution in [2.24, 2.45) is 0 Å². The summed E-state index contributed by atoms with van der Waals surface area (Å²) < 4.78 is 6.49. The van der Waals surface area contributed by atoms with E-state index >= 15 is 0 Å². The van der Waals surface area contributed by atoms with Crippen LogP contribution in [0.15, 0.2) is 11.8 Å². The van der Waals surface area contributed by atoms with Crippen molar-refractivity contribution in [2.75, 3.05) is 0 Å². The van der Waals surface area contributed by atoms with Crippen LogP contribution in [0.4, 0.5) is 0 Å². The van der Waals surface area contributed by atoms with Crippen LogP contribution in [0.5, 0.6) is 0 Å². The molecular formula is C17H31BO. The smallest absolute Gasteiger partial charge is 0.363 e. The van der Waals surface area contributed by atoms with Gasteiger partial charge in [-0.15, -0.1) is 0 Å². The number of rotatable bonds is 5. The fraction of sp³-hybridized carbons (Fsp3) is 0.882. The standard InChI is InChI=1S/C17H31BO/c1-3-17(4-2)19-18(15-11-7-5-8-12-15)16-13-9-6-10-14-16/h3,15-16H,4-14H2,1-2H3/b17-3+. The summed E-state index contributed by atoms with van der Waals surface area (Å²) in [6.45, 7) is 4.86. The zero-order valence-electron chi connectivity index (χ0n) is 13.0. The van der Waals surface area contributed by atoms with Gasteiger partial charge in [0.05, 0.1) is 5.76 Å². The van der Waals surface area contributed by atoms with Crippen molar-refractivity contribution in [1.29, 1.82) is 0 Å². The van der Waals surface area contributed by atoms with Gasteiger partial charge < -0.3 is 4.65 Å². The Bertz CT molecular complexity index is 257. The van der Waals surface area contributed by atoms with Gasteiger partial charge in [0, 0.05) is 0 Å². The highest BCUT2D eigenvalue weighted by Crippen LogP contribution is 2.42. The quantitative estimate of drug-likeness (QED) is 0.437. The first-order chi connectivity index (χ1) is 9.35. The van der Waals surface area contributed by atoms with E-state index in [0.717, 1.165) is 18.1 Å². The molecule has 0 N–H and O–H groups in total. The molecule has 0 amide bonds. The molecule has 1 nitrogen and oxygen atoms in total. The molecule has 0 atom stereocenters. The van der Waals surface area contributed by atoms with Crippen molar-refractivity contribution in [2.45, 2.75) is 96.1 Å². The summed E-state index contributed by atoms with van der Waals surface area (Å²) >= 11 is 0. The molecule has 0 aromatic carbocycles. The molecule has 108 valence electrons. The predicted octanol–water partition coefficient (Wildman–Crippen LogP) is 5.98. The van der Waals surface area contributed by atoms with Crippen LogP contribution < -0.4 is 0 Å². The third kappa shape index (κ3) is 4.29. The minimum Gasteiger partial charge on any atom is -0.563 e. The Morgan fingerprint density at radius 1 is 0.947 bits per heavy atom. The summed E-state index contributed by atoms with van der Waals surface area (Å²) in [7, 11) is 0. The van der Waals surface area contributed by atoms with E-state index in [1.165, 1.54) is 70.0 Å². The van der Waals surface area contributed by atoms with Crippen LogP contribution >= 0.6 is 0 Å². The molecule has 0 radical (unpaired) electrons. The first kappa shape index (κ1) is 15.0. The van der Waals surface area contributed by atoms with Crippen LogP contribution in [0.25, 0.3) is 0 Å². The SMILES string of the molecule is C/C=C(\CC)OB(C1CCCCC1)C1CCCCC1. The van der Waals surface area contributed by atoms with Gasteiger partial charge in [0.1, 0.15) is 0 Å². The van der Waals surface area contributed by atoms with Gasteiger partial charge >= 0.3 is 6.92 Å². The van der Waals surface area contributed by atoms with Crippen molar-refractivity contribution in [3.8, 4) is 0 Å². The minimum absolute atomic E-state index is 0.520. The molecule has 0 saturated heterocycles. The Hall–Kier alpha value is -0.395. The molecular weight excluding hydrogens is 231 g/mol. The van der Waals surface area contributed by atoms with Gasteiger partial charge in [-0.25, -0.2) is 0 Å². The van der Waals surface area contributed by atoms with E-state index in [-0.39, 0.29) is 0 Å². The Morgan fingerprint density at radius 2 is 1.42 bits per heavy atom. The van der Waals surface area contributed by atoms with E-state index < -0.39 is 0 Å². The molecule has 2 aliphatic rings. The molecule has 0 unspecified atom stereocenters. The Labute approximate surface area is 120 Å². The van der Waals surface area contributed by atoms with Crippen molar-refractivity contribution < 1.29 is 4.65 Å². The molecule has 0 aromatic rings. The second kappa shape index (κ2) is 8.02. The van der Waals surface area contributed by atoms with Gasteiger partial charge in [0.2, 0.25) is 0 Å². The first-order valence-electron chi connectivity index (χ1n) is 8.67. The highest BCUT2D eigenvalue weighted by atomic mass is 16.4. The van der Waals surface area contributed by atoms with E-state index in [1.54, 1.807) is 0 Å². The maximum absolute atomic E-state index is 6.49. The molecule has 0 aliphatic heterocycles. The maximum Gasteiger partial charge on any atom is 0.363 e. The second-order valence-electron chi connectivity index (χ2n) is 6.49. The van der Waals surface area contributed by atoms with Crippen molar-refractivity contribution in [3.05, 3.63) is 11.8 Å². The molecule has 0 bridgehead atoms. The zero-order valence-corrected chi connectivity index (χ0v) is 13.0. The van der Waals surface area contributed by atoms with E-state index in [2.05, 4.69) is 19.9 Å². The van der Waals surface area contributed by atoms with Crippen LogP contribution in [0, 0.1) is 0 Å². The fourth-order valence-electron chi connectivity index (χ4n) is 4.03. The first-order valence-corrected chi connectivity index (χ1v) is 8.67. The number of hydrogen-bond donors (Lipinski definition) is 0. The van der Waals surface area contributed by atoms with Crippen LogP contribution in [-0.2, 0) is 4.65 Å². The topological polar surface area (TPSA) is 9.23 Å². The zero-order chi connectivity index (χ0) is 13.5. The molecule has 19 heavy (non-hydrogen) atoms. The van der Waals surface area contributed by atoms with E-state index in [0.29, 0.717) is 6.92 Å². The normalized spacial score (nSPS) is 23.4. The van der Waals surface area contributed by atoms with Gasteiger partial charge in [0.15, 0.2) is 0 Å². The van der Waals surface area contributed by atoms with E-state index in [1.807, 2.05) is 0 Å². The van der Waals surface area contributed by atoms with Crippen LogP contribution in [-0.4, -0.2) is 6.92 Å². The largest absolute Gasteiger partial charge is 0.563 e. The lowest BCUT2D eigenvalue weighted by Crippen LogP contribution is -2.33. The van der Waals surface area contributed by atoms with Crippen molar-refractivity contribution >= 4 is 6.92 Å². The Morgan fingerprint density at radius 3 is 1.79 bits per heavy atom. The average molecular weight is 262 g/mol. The van der Waals surface area contributed by atoms with Gasteiger partial charge in [-0.3, -0.25) is 0 Å². The molecule has 0 heterocycles. The summed E-state index contributed by atoms with van der Waals surface area (Å²) in [5.41, 5.74) is 0. The summed E-state index contributed by atoms with van der Waals surface area (Å²) in [6, 6.07) is 0. The van der Waals surface area contributed by atoms with Crippen LogP contribution in [0.1, 0.15) is 84.5 Å². The Kier molecular flexibility index (Phi) is 6.33. The average Bonchev–Trinajstić information content (AvgIpc) is 2.50. The maximum atomic E-state index is 6.49. The fourth-order valence-corrected chi connectivity index (χ4v) is 4.03. The Balaban J connectivity index is 2.02. The summed E-state index contributed by atoms with van der Waals surface area (Å²) in [5.74, 6) is 2.89. The molecule has 2 fully saturated rings. The highest BCUT2D eigenvalue weighted by molar-refractivity contribution is 6.55. The number of allylic oxidation sites excluding steroid dienone is 2. The summed E-state index contributed by atoms with van der Waals surface area (Å²) in [5, 5.41) is 0. The highest BCUT2D eigenvalue weighted by Gasteiger charge is 2.38. The summed E-state index contributed by atoms with van der Waals surface area (Å²) in [4.78, 5) is 0. The third-order valence-corrected chi connectivity index (χ3v) is 5.19. The summed E-state index contributed by atoms with van der Waals surface area (Å²) in [6.07, 6.45) is 17.4. The predicted molar refractivity (Wildman–Crippen MR) is 84.6 cm³/mol. The number of hydrogen-bond acceptors (Lipinski definition) is 1. The van der Waals surface area contributed by atoms with Crippen LogP contribution in [0.3, 0.4) is 0 Å². The monoisotopic (exact) mass is 262 g/mol. The van der Waals surface area contributed by atoms with Gasteiger partial charge in [-0.2, -0.15) is 0 Å². The van der Waals surface area contributed by atoms with Gasteiger partial charge in [-0.05, 0) is 25.0 Å². The lowest BCUT2D eigenvalue weighted by molar-refractivity contribution is 0.345. The molecule has 0 aromatic heterocycles. The van der Waals surface area contributed by atoms with Gasteiger partial charge in [0.25, 0.3) is 0 Å². The molecule has 0 spiro atoms. The molecule has 2 aliphatic carbocycles. The van der Waals surface area contributed by atoms with Crippen molar-refractivity contribution in [3.63, 3.8) is 0 Å². The van der Waals surface area contributed by atoms with E-state index in [4.69, 9.17) is 4.65 Å². The molecule has 2 rings (SSSR count).